The van der Waals surface area contributed by atoms with E-state index in [1.807, 2.05) is 5.32 Å². The number of benzene rings is 4. The number of halogens is 4. The number of hydrogen-bond donors (Lipinski definition) is 3. The molecule has 0 aliphatic rings. The highest BCUT2D eigenvalue weighted by atomic mass is 32.2. The molecule has 1 unspecified atom stereocenters. The van der Waals surface area contributed by atoms with Crippen molar-refractivity contribution in [3.05, 3.63) is 113 Å². The van der Waals surface area contributed by atoms with Crippen LogP contribution >= 0.6 is 11.8 Å². The Kier molecular flexibility index (Phi) is 11.7. The van der Waals surface area contributed by atoms with Gasteiger partial charge in [-0.1, -0.05) is 24.3 Å². The third kappa shape index (κ3) is 8.45. The molecule has 48 heavy (non-hydrogen) atoms. The maximum atomic E-state index is 14.1. The van der Waals surface area contributed by atoms with Crippen LogP contribution in [0.2, 0.25) is 0 Å². The van der Waals surface area contributed by atoms with Crippen molar-refractivity contribution in [1.82, 2.24) is 5.32 Å². The number of thioether (sulfide) groups is 1. The number of rotatable bonds is 12. The van der Waals surface area contributed by atoms with Gasteiger partial charge in [-0.25, -0.2) is 17.6 Å². The van der Waals surface area contributed by atoms with Crippen LogP contribution in [0.25, 0.3) is 6.08 Å². The van der Waals surface area contributed by atoms with Crippen molar-refractivity contribution >= 4 is 46.9 Å². The van der Waals surface area contributed by atoms with Gasteiger partial charge in [-0.2, -0.15) is 0 Å². The van der Waals surface area contributed by atoms with E-state index in [9.17, 15) is 31.9 Å². The molecule has 250 valence electrons. The summed E-state index contributed by atoms with van der Waals surface area (Å²) in [6.07, 6.45) is 1.42. The van der Waals surface area contributed by atoms with Gasteiger partial charge in [0.2, 0.25) is 11.7 Å². The molecule has 0 aliphatic heterocycles. The second-order valence-corrected chi connectivity index (χ2v) is 11.3. The lowest BCUT2D eigenvalue weighted by Crippen LogP contribution is -2.30. The fourth-order valence-corrected chi connectivity index (χ4v) is 5.23. The van der Waals surface area contributed by atoms with Gasteiger partial charge in [0.05, 0.1) is 26.6 Å². The van der Waals surface area contributed by atoms with Crippen molar-refractivity contribution in [2.75, 3.05) is 32.0 Å². The molecule has 0 bridgehead atoms. The molecular formula is C34H29F4N3O6S. The SMILES string of the molecule is COc1cc(/C=C(/NC(=O)c2ccccc2)C(=O)Nc2cccc(SC(C)C(=O)Nc3c(F)c(F)cc(F)c3F)c2)cc(OC)c1OC. The molecule has 0 heterocycles. The first kappa shape index (κ1) is 35.4. The van der Waals surface area contributed by atoms with E-state index in [0.717, 1.165) is 11.8 Å². The van der Waals surface area contributed by atoms with Crippen LogP contribution in [0.15, 0.2) is 83.4 Å². The number of amides is 3. The van der Waals surface area contributed by atoms with E-state index in [1.165, 1.54) is 40.4 Å². The third-order valence-electron chi connectivity index (χ3n) is 6.66. The van der Waals surface area contributed by atoms with E-state index in [2.05, 4.69) is 10.6 Å². The molecule has 3 N–H and O–H groups in total. The van der Waals surface area contributed by atoms with Crippen molar-refractivity contribution in [2.45, 2.75) is 17.1 Å². The topological polar surface area (TPSA) is 115 Å². The Bertz CT molecular complexity index is 1820. The van der Waals surface area contributed by atoms with Gasteiger partial charge in [0.25, 0.3) is 11.8 Å². The number of ether oxygens (including phenoxy) is 3. The van der Waals surface area contributed by atoms with Gasteiger partial charge < -0.3 is 30.2 Å². The van der Waals surface area contributed by atoms with Gasteiger partial charge in [-0.3, -0.25) is 14.4 Å². The molecule has 4 aromatic carbocycles. The normalized spacial score (nSPS) is 11.7. The maximum absolute atomic E-state index is 14.1. The van der Waals surface area contributed by atoms with Crippen LogP contribution in [-0.2, 0) is 9.59 Å². The molecular weight excluding hydrogens is 654 g/mol. The summed E-state index contributed by atoms with van der Waals surface area (Å²) in [6.45, 7) is 1.41. The van der Waals surface area contributed by atoms with E-state index in [0.29, 0.717) is 33.3 Å². The Balaban J connectivity index is 1.57. The summed E-state index contributed by atoms with van der Waals surface area (Å²) in [7, 11) is 4.31. The average molecular weight is 684 g/mol. The number of carbonyl (C=O) groups excluding carboxylic acids is 3. The lowest BCUT2D eigenvalue weighted by molar-refractivity contribution is -0.115. The van der Waals surface area contributed by atoms with Crippen molar-refractivity contribution in [2.24, 2.45) is 0 Å². The second-order valence-electron chi connectivity index (χ2n) is 9.91. The first-order chi connectivity index (χ1) is 22.9. The summed E-state index contributed by atoms with van der Waals surface area (Å²) in [5.74, 6) is -8.04. The molecule has 9 nitrogen and oxygen atoms in total. The molecule has 0 aromatic heterocycles. The summed E-state index contributed by atoms with van der Waals surface area (Å²) in [5.41, 5.74) is -0.386. The predicted octanol–water partition coefficient (Wildman–Crippen LogP) is 6.80. The zero-order valence-corrected chi connectivity index (χ0v) is 26.8. The minimum Gasteiger partial charge on any atom is -0.493 e. The standard InChI is InChI=1S/C34H29F4N3O6S/c1-18(32(42)41-30-28(37)23(35)17-24(36)29(30)38)48-22-12-8-11-21(16-22)39-34(44)25(40-33(43)20-9-6-5-7-10-20)13-19-14-26(45-2)31(47-4)27(15-19)46-3/h5-18H,1-4H3,(H,39,44)(H,40,43)(H,41,42)/b25-13+. The highest BCUT2D eigenvalue weighted by molar-refractivity contribution is 8.00. The van der Waals surface area contributed by atoms with E-state index >= 15 is 0 Å². The Morgan fingerprint density at radius 2 is 1.40 bits per heavy atom. The third-order valence-corrected chi connectivity index (χ3v) is 7.75. The van der Waals surface area contributed by atoms with Gasteiger partial charge >= 0.3 is 0 Å². The minimum atomic E-state index is -1.74. The summed E-state index contributed by atoms with van der Waals surface area (Å²) in [4.78, 5) is 39.8. The fourth-order valence-electron chi connectivity index (χ4n) is 4.30. The summed E-state index contributed by atoms with van der Waals surface area (Å²) >= 11 is 0.943. The molecule has 0 aliphatic carbocycles. The van der Waals surface area contributed by atoms with Gasteiger partial charge in [0, 0.05) is 22.2 Å². The quantitative estimate of drug-likeness (QED) is 0.0652. The molecule has 0 radical (unpaired) electrons. The van der Waals surface area contributed by atoms with Crippen LogP contribution < -0.4 is 30.2 Å². The maximum Gasteiger partial charge on any atom is 0.272 e. The van der Waals surface area contributed by atoms with E-state index < -0.39 is 51.9 Å². The molecule has 0 fully saturated rings. The summed E-state index contributed by atoms with van der Waals surface area (Å²) in [6, 6.07) is 17.7. The molecule has 0 saturated carbocycles. The number of hydrogen-bond acceptors (Lipinski definition) is 7. The Hall–Kier alpha value is -5.50. The smallest absolute Gasteiger partial charge is 0.272 e. The molecule has 14 heteroatoms. The van der Waals surface area contributed by atoms with E-state index in [-0.39, 0.29) is 17.5 Å². The van der Waals surface area contributed by atoms with E-state index in [1.54, 1.807) is 60.7 Å². The molecule has 4 rings (SSSR count). The average Bonchev–Trinajstić information content (AvgIpc) is 3.08. The first-order valence-corrected chi connectivity index (χ1v) is 14.9. The first-order valence-electron chi connectivity index (χ1n) is 14.1. The zero-order chi connectivity index (χ0) is 35.0. The van der Waals surface area contributed by atoms with Gasteiger partial charge in [-0.15, -0.1) is 11.8 Å². The van der Waals surface area contributed by atoms with Crippen molar-refractivity contribution in [1.29, 1.82) is 0 Å². The molecule has 1 atom stereocenters. The van der Waals surface area contributed by atoms with E-state index in [4.69, 9.17) is 14.2 Å². The number of anilines is 2. The largest absolute Gasteiger partial charge is 0.493 e. The Labute approximate surface area is 277 Å². The molecule has 4 aromatic rings. The van der Waals surface area contributed by atoms with Crippen LogP contribution in [0.3, 0.4) is 0 Å². The van der Waals surface area contributed by atoms with Crippen LogP contribution in [0.1, 0.15) is 22.8 Å². The van der Waals surface area contributed by atoms with Crippen LogP contribution in [0.4, 0.5) is 28.9 Å². The lowest BCUT2D eigenvalue weighted by atomic mass is 10.1. The molecule has 3 amide bonds. The van der Waals surface area contributed by atoms with Crippen molar-refractivity contribution < 1.29 is 46.2 Å². The monoisotopic (exact) mass is 683 g/mol. The Morgan fingerprint density at radius 3 is 1.98 bits per heavy atom. The summed E-state index contributed by atoms with van der Waals surface area (Å²) < 4.78 is 71.5. The zero-order valence-electron chi connectivity index (χ0n) is 26.0. The predicted molar refractivity (Wildman–Crippen MR) is 173 cm³/mol. The number of methoxy groups -OCH3 is 3. The van der Waals surface area contributed by atoms with Gasteiger partial charge in [-0.05, 0) is 61.0 Å². The Morgan fingerprint density at radius 1 is 0.771 bits per heavy atom. The van der Waals surface area contributed by atoms with Crippen LogP contribution in [0.5, 0.6) is 17.2 Å². The van der Waals surface area contributed by atoms with Crippen molar-refractivity contribution in [3.8, 4) is 17.2 Å². The molecule has 0 spiro atoms. The second kappa shape index (κ2) is 15.9. The molecule has 0 saturated heterocycles. The van der Waals surface area contributed by atoms with Crippen molar-refractivity contribution in [3.63, 3.8) is 0 Å². The highest BCUT2D eigenvalue weighted by Gasteiger charge is 2.24. The van der Waals surface area contributed by atoms with Gasteiger partial charge in [0.1, 0.15) is 11.4 Å². The van der Waals surface area contributed by atoms with Crippen LogP contribution in [0, 0.1) is 23.3 Å². The number of nitrogens with one attached hydrogen (secondary N) is 3. The summed E-state index contributed by atoms with van der Waals surface area (Å²) in [5, 5.41) is 6.22. The van der Waals surface area contributed by atoms with Gasteiger partial charge in [0.15, 0.2) is 34.8 Å². The highest BCUT2D eigenvalue weighted by Crippen LogP contribution is 2.39. The van der Waals surface area contributed by atoms with Crippen LogP contribution in [-0.4, -0.2) is 44.3 Å². The number of carbonyl (C=O) groups is 3. The lowest BCUT2D eigenvalue weighted by Gasteiger charge is -2.15. The fraction of sp³-hybridized carbons (Fsp3) is 0.147. The minimum absolute atomic E-state index is 0.0384.